The van der Waals surface area contributed by atoms with Gasteiger partial charge >= 0.3 is 0 Å². The van der Waals surface area contributed by atoms with Crippen LogP contribution in [0.4, 0.5) is 15.9 Å². The molecule has 0 saturated carbocycles. The Morgan fingerprint density at radius 1 is 1.23 bits per heavy atom. The van der Waals surface area contributed by atoms with E-state index >= 15 is 0 Å². The third-order valence-electron chi connectivity index (χ3n) is 3.36. The Balaban J connectivity index is 2.03. The molecule has 3 rings (SSSR count). The number of halogens is 1. The minimum Gasteiger partial charge on any atom is -0.489 e. The van der Waals surface area contributed by atoms with Crippen molar-refractivity contribution in [1.82, 2.24) is 15.0 Å². The second-order valence-corrected chi connectivity index (χ2v) is 5.72. The Hall–Kier alpha value is -3.24. The van der Waals surface area contributed by atoms with E-state index in [2.05, 4.69) is 32.1 Å². The van der Waals surface area contributed by atoms with Crippen molar-refractivity contribution in [2.45, 2.75) is 20.0 Å². The summed E-state index contributed by atoms with van der Waals surface area (Å²) >= 11 is 0. The average Bonchev–Trinajstić information content (AvgIpc) is 2.62. The molecule has 0 aliphatic rings. The van der Waals surface area contributed by atoms with E-state index in [-0.39, 0.29) is 18.5 Å². The number of nitrogens with zero attached hydrogens (tertiary/aromatic N) is 3. The van der Waals surface area contributed by atoms with Crippen LogP contribution in [0.1, 0.15) is 19.5 Å². The Labute approximate surface area is 150 Å². The molecule has 132 valence electrons. The highest BCUT2D eigenvalue weighted by Crippen LogP contribution is 2.30. The van der Waals surface area contributed by atoms with Crippen LogP contribution in [0.3, 0.4) is 0 Å². The first kappa shape index (κ1) is 17.6. The van der Waals surface area contributed by atoms with Gasteiger partial charge in [-0.2, -0.15) is 0 Å². The van der Waals surface area contributed by atoms with Gasteiger partial charge in [-0.25, -0.2) is 19.3 Å². The Bertz CT molecular complexity index is 994. The summed E-state index contributed by atoms with van der Waals surface area (Å²) in [5.74, 6) is 6.15. The van der Waals surface area contributed by atoms with Crippen molar-refractivity contribution in [3.63, 3.8) is 0 Å². The molecule has 3 N–H and O–H groups in total. The molecular weight excluding hydrogens is 333 g/mol. The number of aromatic nitrogens is 3. The van der Waals surface area contributed by atoms with Crippen molar-refractivity contribution in [1.29, 1.82) is 0 Å². The van der Waals surface area contributed by atoms with Crippen LogP contribution in [-0.2, 0) is 0 Å². The van der Waals surface area contributed by atoms with Gasteiger partial charge in [-0.15, -0.1) is 0 Å². The number of nitrogens with two attached hydrogens (primary N) is 1. The van der Waals surface area contributed by atoms with Crippen molar-refractivity contribution in [3.8, 4) is 17.6 Å². The van der Waals surface area contributed by atoms with E-state index in [1.54, 1.807) is 12.1 Å². The van der Waals surface area contributed by atoms with Crippen LogP contribution in [0.25, 0.3) is 11.0 Å². The summed E-state index contributed by atoms with van der Waals surface area (Å²) in [5.41, 5.74) is 7.77. The number of anilines is 2. The lowest BCUT2D eigenvalue weighted by Crippen LogP contribution is -2.08. The summed E-state index contributed by atoms with van der Waals surface area (Å²) in [6.45, 7) is 4.00. The Morgan fingerprint density at radius 2 is 2.08 bits per heavy atom. The van der Waals surface area contributed by atoms with Crippen molar-refractivity contribution in [2.75, 3.05) is 11.9 Å². The number of benzene rings is 1. The van der Waals surface area contributed by atoms with Gasteiger partial charge in [-0.05, 0) is 44.0 Å². The number of nitrogens with one attached hydrogen (secondary N) is 1. The van der Waals surface area contributed by atoms with Crippen LogP contribution in [-0.4, -0.2) is 27.6 Å². The largest absolute Gasteiger partial charge is 0.489 e. The molecule has 3 aromatic rings. The van der Waals surface area contributed by atoms with Crippen molar-refractivity contribution in [3.05, 3.63) is 48.2 Å². The normalized spacial score (nSPS) is 10.5. The van der Waals surface area contributed by atoms with Crippen molar-refractivity contribution >= 4 is 22.5 Å². The predicted octanol–water partition coefficient (Wildman–Crippen LogP) is 3.00. The first-order valence-corrected chi connectivity index (χ1v) is 8.10. The van der Waals surface area contributed by atoms with Gasteiger partial charge in [0.15, 0.2) is 5.82 Å². The standard InChI is InChI=1S/C19H18FN5O/c1-12(2)26-17-10-13(20)5-7-15(17)25-19-18-16(22-11-23-19)8-6-14(24-18)4-3-9-21/h5-8,10-12H,9,21H2,1-2H3,(H,22,23,25). The van der Waals surface area contributed by atoms with Crippen LogP contribution in [0.2, 0.25) is 0 Å². The maximum Gasteiger partial charge on any atom is 0.160 e. The maximum atomic E-state index is 13.6. The lowest BCUT2D eigenvalue weighted by molar-refractivity contribution is 0.243. The Morgan fingerprint density at radius 3 is 2.85 bits per heavy atom. The highest BCUT2D eigenvalue weighted by molar-refractivity contribution is 5.87. The third-order valence-corrected chi connectivity index (χ3v) is 3.36. The summed E-state index contributed by atoms with van der Waals surface area (Å²) in [6, 6.07) is 7.86. The fraction of sp³-hybridized carbons (Fsp3) is 0.211. The molecule has 0 spiro atoms. The number of rotatable bonds is 4. The van der Waals surface area contributed by atoms with Gasteiger partial charge in [0.25, 0.3) is 0 Å². The number of pyridine rings is 1. The summed E-state index contributed by atoms with van der Waals surface area (Å²) < 4.78 is 19.3. The van der Waals surface area contributed by atoms with Crippen molar-refractivity contribution in [2.24, 2.45) is 5.73 Å². The average molecular weight is 351 g/mol. The predicted molar refractivity (Wildman–Crippen MR) is 98.7 cm³/mol. The summed E-state index contributed by atoms with van der Waals surface area (Å²) in [4.78, 5) is 13.0. The van der Waals surface area contributed by atoms with Gasteiger partial charge in [0.1, 0.15) is 29.1 Å². The Kier molecular flexibility index (Phi) is 5.25. The van der Waals surface area contributed by atoms with Gasteiger partial charge in [0.2, 0.25) is 0 Å². The van der Waals surface area contributed by atoms with Gasteiger partial charge in [0, 0.05) is 6.07 Å². The van der Waals surface area contributed by atoms with Crippen LogP contribution in [0.15, 0.2) is 36.7 Å². The summed E-state index contributed by atoms with van der Waals surface area (Å²) in [7, 11) is 0. The lowest BCUT2D eigenvalue weighted by Gasteiger charge is -2.15. The quantitative estimate of drug-likeness (QED) is 0.703. The molecule has 26 heavy (non-hydrogen) atoms. The van der Waals surface area contributed by atoms with Crippen LogP contribution in [0, 0.1) is 17.7 Å². The smallest absolute Gasteiger partial charge is 0.160 e. The van der Waals surface area contributed by atoms with E-state index in [4.69, 9.17) is 10.5 Å². The molecule has 6 nitrogen and oxygen atoms in total. The van der Waals surface area contributed by atoms with E-state index in [9.17, 15) is 4.39 Å². The zero-order valence-electron chi connectivity index (χ0n) is 14.5. The highest BCUT2D eigenvalue weighted by Gasteiger charge is 2.12. The minimum atomic E-state index is -0.379. The maximum absolute atomic E-state index is 13.6. The number of fused-ring (bicyclic) bond motifs is 1. The molecule has 0 saturated heterocycles. The van der Waals surface area contributed by atoms with Gasteiger partial charge in [-0.1, -0.05) is 5.92 Å². The molecule has 0 aliphatic heterocycles. The van der Waals surface area contributed by atoms with Gasteiger partial charge in [0.05, 0.1) is 23.9 Å². The molecule has 0 fully saturated rings. The fourth-order valence-corrected chi connectivity index (χ4v) is 2.32. The monoisotopic (exact) mass is 351 g/mol. The topological polar surface area (TPSA) is 86.0 Å². The second kappa shape index (κ2) is 7.76. The molecule has 0 unspecified atom stereocenters. The minimum absolute atomic E-state index is 0.101. The second-order valence-electron chi connectivity index (χ2n) is 5.72. The highest BCUT2D eigenvalue weighted by atomic mass is 19.1. The molecule has 0 aliphatic carbocycles. The molecular formula is C19H18FN5O. The number of ether oxygens (including phenoxy) is 1. The van der Waals surface area contributed by atoms with E-state index in [1.165, 1.54) is 18.5 Å². The molecule has 1 aromatic carbocycles. The van der Waals surface area contributed by atoms with Crippen LogP contribution < -0.4 is 15.8 Å². The molecule has 2 heterocycles. The molecule has 7 heteroatoms. The molecule has 2 aromatic heterocycles. The SMILES string of the molecule is CC(C)Oc1cc(F)ccc1Nc1ncnc2ccc(C#CCN)nc12. The first-order chi connectivity index (χ1) is 12.6. The van der Waals surface area contributed by atoms with Crippen molar-refractivity contribution < 1.29 is 9.13 Å². The molecule has 0 amide bonds. The number of hydrogen-bond acceptors (Lipinski definition) is 6. The van der Waals surface area contributed by atoms with Crippen LogP contribution in [0.5, 0.6) is 5.75 Å². The summed E-state index contributed by atoms with van der Waals surface area (Å²) in [6.07, 6.45) is 1.33. The van der Waals surface area contributed by atoms with Crippen LogP contribution >= 0.6 is 0 Å². The molecule has 0 bridgehead atoms. The first-order valence-electron chi connectivity index (χ1n) is 8.10. The third kappa shape index (κ3) is 4.05. The number of hydrogen-bond donors (Lipinski definition) is 2. The van der Waals surface area contributed by atoms with Gasteiger partial charge in [-0.3, -0.25) is 0 Å². The van der Waals surface area contributed by atoms with Gasteiger partial charge < -0.3 is 15.8 Å². The van der Waals surface area contributed by atoms with E-state index < -0.39 is 0 Å². The van der Waals surface area contributed by atoms with E-state index in [0.717, 1.165) is 0 Å². The fourth-order valence-electron chi connectivity index (χ4n) is 2.32. The lowest BCUT2D eigenvalue weighted by atomic mass is 10.2. The van der Waals surface area contributed by atoms with E-state index in [1.807, 2.05) is 19.9 Å². The molecule has 0 atom stereocenters. The zero-order chi connectivity index (χ0) is 18.5. The molecule has 0 radical (unpaired) electrons. The zero-order valence-corrected chi connectivity index (χ0v) is 14.5. The van der Waals surface area contributed by atoms with E-state index in [0.29, 0.717) is 34.0 Å². The summed E-state index contributed by atoms with van der Waals surface area (Å²) in [5, 5.41) is 3.15.